The van der Waals surface area contributed by atoms with Crippen molar-refractivity contribution in [2.75, 3.05) is 33.0 Å². The van der Waals surface area contributed by atoms with Gasteiger partial charge in [0.2, 0.25) is 6.29 Å². The second-order valence-electron chi connectivity index (χ2n) is 42.8. The number of ether oxygens (including phenoxy) is 18. The van der Waals surface area contributed by atoms with Gasteiger partial charge in [0.1, 0.15) is 145 Å². The first-order valence-corrected chi connectivity index (χ1v) is 48.7. The van der Waals surface area contributed by atoms with E-state index in [9.17, 15) is 132 Å². The van der Waals surface area contributed by atoms with E-state index in [4.69, 9.17) is 85.3 Å². The summed E-state index contributed by atoms with van der Waals surface area (Å²) in [4.78, 5) is 72.1. The molecule has 792 valence electrons. The minimum Gasteiger partial charge on any atom is -0.479 e. The number of esters is 3. The number of carboxylic acids is 1. The second kappa shape index (κ2) is 44.1. The molecule has 12 fully saturated rings. The lowest BCUT2D eigenvalue weighted by Gasteiger charge is -2.71. The Labute approximate surface area is 799 Å². The van der Waals surface area contributed by atoms with E-state index in [1.807, 2.05) is 27.7 Å². The van der Waals surface area contributed by atoms with Crippen molar-refractivity contribution in [2.45, 2.75) is 444 Å². The summed E-state index contributed by atoms with van der Waals surface area (Å²) in [6.07, 6.45) is -64.5. The summed E-state index contributed by atoms with van der Waals surface area (Å²) in [5.74, 6) is -7.09. The molecule has 0 aromatic carbocycles. The van der Waals surface area contributed by atoms with Crippen LogP contribution in [0.5, 0.6) is 0 Å². The summed E-state index contributed by atoms with van der Waals surface area (Å²) < 4.78 is 109. The van der Waals surface area contributed by atoms with Crippen LogP contribution in [0, 0.1) is 62.1 Å². The van der Waals surface area contributed by atoms with Gasteiger partial charge in [-0.3, -0.25) is 14.4 Å². The van der Waals surface area contributed by atoms with Crippen molar-refractivity contribution in [3.63, 3.8) is 0 Å². The molecule has 22 N–H and O–H groups in total. The number of hydrogen-bond acceptors (Lipinski definition) is 44. The van der Waals surface area contributed by atoms with Crippen molar-refractivity contribution in [1.82, 2.24) is 0 Å². The van der Waals surface area contributed by atoms with Gasteiger partial charge in [0.15, 0.2) is 62.3 Å². The Morgan fingerprint density at radius 2 is 1.08 bits per heavy atom. The van der Waals surface area contributed by atoms with Gasteiger partial charge < -0.3 is 202 Å². The smallest absolute Gasteiger partial charge is 0.335 e. The number of carboxylic acid groups (broad SMARTS) is 1. The highest BCUT2D eigenvalue weighted by Gasteiger charge is 2.74. The Kier molecular flexibility index (Phi) is 35.5. The fraction of sp³-hybridized carbons (Fsp3) is 0.925. The molecule has 45 heteroatoms. The molecule has 51 atom stereocenters. The molecule has 4 saturated carbocycles. The zero-order valence-corrected chi connectivity index (χ0v) is 80.2. The fourth-order valence-electron chi connectivity index (χ4n) is 24.3. The normalized spacial score (nSPS) is 48.7. The molecule has 0 aromatic heterocycles. The van der Waals surface area contributed by atoms with Gasteiger partial charge in [0, 0.05) is 12.8 Å². The van der Waals surface area contributed by atoms with E-state index in [0.717, 1.165) is 11.9 Å². The molecular weight excluding hydrogens is 1840 g/mol. The zero-order chi connectivity index (χ0) is 101. The predicted octanol–water partition coefficient (Wildman–Crippen LogP) is -4.27. The van der Waals surface area contributed by atoms with E-state index in [-0.39, 0.29) is 43.9 Å². The Bertz CT molecular complexity index is 4100. The number of carbonyl (C=O) groups is 5. The van der Waals surface area contributed by atoms with Gasteiger partial charge in [0.05, 0.1) is 100 Å². The van der Waals surface area contributed by atoms with E-state index in [2.05, 4.69) is 26.8 Å². The van der Waals surface area contributed by atoms with Gasteiger partial charge in [-0.1, -0.05) is 101 Å². The molecule has 17 unspecified atom stereocenters. The molecule has 13 aliphatic rings. The minimum atomic E-state index is -2.26. The molecule has 0 bridgehead atoms. The van der Waals surface area contributed by atoms with Crippen molar-refractivity contribution in [3.8, 4) is 0 Å². The number of aliphatic hydroxyl groups excluding tert-OH is 20. The summed E-state index contributed by atoms with van der Waals surface area (Å²) >= 11 is 0. The van der Waals surface area contributed by atoms with Crippen molar-refractivity contribution >= 4 is 30.2 Å². The maximum absolute atomic E-state index is 16.4. The average molecular weight is 1990 g/mol. The number of aliphatic hydroxyl groups is 21. The summed E-state index contributed by atoms with van der Waals surface area (Å²) in [6.45, 7) is 20.1. The van der Waals surface area contributed by atoms with Crippen LogP contribution in [0.1, 0.15) is 193 Å². The van der Waals surface area contributed by atoms with Crippen molar-refractivity contribution in [3.05, 3.63) is 11.6 Å². The Morgan fingerprint density at radius 1 is 0.514 bits per heavy atom. The number of hydrogen-bond donors (Lipinski definition) is 22. The summed E-state index contributed by atoms with van der Waals surface area (Å²) in [5, 5.41) is 247. The molecule has 138 heavy (non-hydrogen) atoms. The Hall–Kier alpha value is -4.15. The van der Waals surface area contributed by atoms with Crippen LogP contribution in [0.15, 0.2) is 11.6 Å². The molecule has 0 spiro atoms. The third-order valence-electron chi connectivity index (χ3n) is 33.5. The van der Waals surface area contributed by atoms with Crippen LogP contribution in [-0.4, -0.2) is 427 Å². The predicted molar refractivity (Wildman–Crippen MR) is 461 cm³/mol. The lowest BCUT2D eigenvalue weighted by molar-refractivity contribution is -0.391. The van der Waals surface area contributed by atoms with E-state index in [1.165, 1.54) is 13.8 Å². The maximum Gasteiger partial charge on any atom is 0.335 e. The molecule has 0 radical (unpaired) electrons. The lowest BCUT2D eigenvalue weighted by Crippen LogP contribution is -2.69. The van der Waals surface area contributed by atoms with Crippen LogP contribution >= 0.6 is 0 Å². The van der Waals surface area contributed by atoms with Crippen molar-refractivity contribution in [1.29, 1.82) is 0 Å². The van der Waals surface area contributed by atoms with Gasteiger partial charge in [-0.25, -0.2) is 4.79 Å². The van der Waals surface area contributed by atoms with Crippen LogP contribution in [0.25, 0.3) is 0 Å². The molecule has 45 nitrogen and oxygen atoms in total. The van der Waals surface area contributed by atoms with Crippen LogP contribution in [0.3, 0.4) is 0 Å². The third-order valence-corrected chi connectivity index (χ3v) is 33.5. The lowest BCUT2D eigenvalue weighted by atomic mass is 9.33. The van der Waals surface area contributed by atoms with Crippen molar-refractivity contribution in [2.24, 2.45) is 62.1 Å². The number of fused-ring (bicyclic) bond motifs is 7. The zero-order valence-electron chi connectivity index (χ0n) is 80.2. The standard InChI is InChI=1S/C93H150O45/c1-14-37(4)48(126-55(102)27-42(98)26-49(38(5)15-2)128-81-63(110)58(105)47(16-3)127-81)25-41(97)28-56(103)131-70-40(7)125-83(74(66(70)113)136-80-65(112)61(108)69(39(6)124-80)132-79-68(115)71(46(100)33-122-79)133-85-76(116)92(120,35-96)36-123-85)138-86(119)93-24-23-87(8,9)29-44(93)43-17-18-52-88(10)21-20-54(89(11,34-95)51(88)19-22-90(52,12)91(43,13)30-53(93)101)130-84-75(137-82-64(111)60(107)59(106)50(31-94)129-82)72(67(114)73(135-84)77(117)118)134-78-62(109)57(104)45(99)32-121-78/h17,34,37-42,44-54,57-76,78-85,94,96-101,104-116,120H,14-16,18-33,35-36H2,1-13H3,(H,117,118)/t37-,38-,39?,40?,41-,42-,44?,45+,46?,47-,48-,49-,50?,51?,52?,53+,54-,57-,58?,59-,60-,61+,62?,63?,64?,65?,66?,67+,68-,69-,70+,71-,72-,73?,74+,75?,76?,78-,79?,80-,81-,82-,83-,84+,85-,88-,89-,90+,91+,92+,93+/m0/s1. The molecule has 8 saturated heterocycles. The molecule has 0 amide bonds. The van der Waals surface area contributed by atoms with E-state index < -0.39 is 371 Å². The second-order valence-corrected chi connectivity index (χ2v) is 42.8. The van der Waals surface area contributed by atoms with Crippen molar-refractivity contribution < 1.29 is 222 Å². The highest BCUT2D eigenvalue weighted by molar-refractivity contribution is 5.80. The number of carbonyl (C=O) groups excluding carboxylic acids is 4. The van der Waals surface area contributed by atoms with E-state index >= 15 is 4.79 Å². The van der Waals surface area contributed by atoms with Gasteiger partial charge in [-0.15, -0.1) is 0 Å². The largest absolute Gasteiger partial charge is 0.479 e. The molecule has 0 aromatic rings. The Balaban J connectivity index is 0.748. The van der Waals surface area contributed by atoms with E-state index in [0.29, 0.717) is 57.8 Å². The molecule has 8 heterocycles. The summed E-state index contributed by atoms with van der Waals surface area (Å²) in [6, 6.07) is 0. The summed E-state index contributed by atoms with van der Waals surface area (Å²) in [7, 11) is 0. The van der Waals surface area contributed by atoms with E-state index in [1.54, 1.807) is 27.7 Å². The first kappa shape index (κ1) is 111. The van der Waals surface area contributed by atoms with Crippen LogP contribution in [0.2, 0.25) is 0 Å². The third kappa shape index (κ3) is 21.4. The van der Waals surface area contributed by atoms with Gasteiger partial charge in [0.25, 0.3) is 0 Å². The van der Waals surface area contributed by atoms with Gasteiger partial charge in [-0.05, 0) is 129 Å². The topological polar surface area (TPSA) is 697 Å². The monoisotopic (exact) mass is 1990 g/mol. The van der Waals surface area contributed by atoms with Gasteiger partial charge >= 0.3 is 23.9 Å². The number of aliphatic carboxylic acids is 1. The SMILES string of the molecule is CC[C@@H]1O[C@@H](O[C@@H](C[C@H](O)CC(=O)O[C@@H](C[C@H](O)CC(=O)O[C@@H]2C(C)O[C@@H](OC(=O)[C@]34CCC(C)(C)CC3C3=CCC5[C@@]6(C)CC[C@H](O[C@@H]7OC(C(=O)O)[C@H](O)[C@H](O[C@@H]8OC[C@@H](O)[C@H](O)C8O)C7O[C@@H]7OC(CO)[C@H](O)[C@H](O)C7O)[C@@](C)(C=O)C6CC[C@@]5(C)[C@]3(C)C[C@H]4O)[C@H](O[C@@H]3OC(C)[C@H](OC4OCC(O)[C@H](O[C@@H]5OC[C@](O)(CO)C5O)[C@@H]4O)[C@H](O)C3O)C2O)[C@@H](C)CC)[C@@H](C)CC)C(O)C1O. The molecule has 5 aliphatic carbocycles. The number of aldehydes is 1. The maximum atomic E-state index is 16.4. The molecule has 13 rings (SSSR count). The van der Waals surface area contributed by atoms with Crippen LogP contribution < -0.4 is 0 Å². The Morgan fingerprint density at radius 3 is 1.71 bits per heavy atom. The average Bonchev–Trinajstić information content (AvgIpc) is 0.692. The highest BCUT2D eigenvalue weighted by Crippen LogP contribution is 2.76. The van der Waals surface area contributed by atoms with Gasteiger partial charge in [-0.2, -0.15) is 0 Å². The first-order valence-electron chi connectivity index (χ1n) is 48.7. The minimum absolute atomic E-state index is 0.0186. The van der Waals surface area contributed by atoms with Crippen LogP contribution in [0.4, 0.5) is 0 Å². The quantitative estimate of drug-likeness (QED) is 0.00939. The highest BCUT2D eigenvalue weighted by atomic mass is 16.8. The summed E-state index contributed by atoms with van der Waals surface area (Å²) in [5.41, 5.74) is -7.66. The number of rotatable bonds is 35. The number of allylic oxidation sites excluding steroid dienone is 2. The fourth-order valence-corrected chi connectivity index (χ4v) is 24.3. The molecular formula is C93H150O45. The first-order chi connectivity index (χ1) is 64.8. The molecule has 8 aliphatic heterocycles. The van der Waals surface area contributed by atoms with Crippen LogP contribution in [-0.2, 0) is 109 Å².